The van der Waals surface area contributed by atoms with Crippen LogP contribution in [0.5, 0.6) is 0 Å². The Kier molecular flexibility index (Phi) is 4.67. The van der Waals surface area contributed by atoms with Gasteiger partial charge in [-0.1, -0.05) is 6.07 Å². The highest BCUT2D eigenvalue weighted by Gasteiger charge is 2.21. The summed E-state index contributed by atoms with van der Waals surface area (Å²) in [5.74, 6) is -0.149. The summed E-state index contributed by atoms with van der Waals surface area (Å²) in [6.45, 7) is 5.21. The molecule has 1 atom stereocenters. The van der Waals surface area contributed by atoms with Gasteiger partial charge in [0.1, 0.15) is 5.52 Å². The van der Waals surface area contributed by atoms with Gasteiger partial charge in [0.15, 0.2) is 11.4 Å². The number of carbonyl (C=O) groups is 1. The van der Waals surface area contributed by atoms with Crippen LogP contribution in [-0.4, -0.2) is 35.5 Å². The number of rotatable bonds is 5. The number of nitrogens with one attached hydrogen (secondary N) is 1. The topological polar surface area (TPSA) is 115 Å². The average Bonchev–Trinajstić information content (AvgIpc) is 3.35. The first-order valence-electron chi connectivity index (χ1n) is 9.22. The standard InChI is InChI=1S/C21H21N7O/c1-12(22)19(14(3)29)18-10-24-20-16(15-8-25-26-9-15)11-28(21(20)27-18)13(2)17-6-4-5-7-23-17/h4-11,13H,22H2,1-3H3,(H,25,26)/b19-12+/t13-/m1/s1. The molecule has 0 aliphatic heterocycles. The van der Waals surface area contributed by atoms with E-state index in [1.807, 2.05) is 42.1 Å². The molecule has 4 heterocycles. The number of ketones is 1. The molecule has 8 nitrogen and oxygen atoms in total. The van der Waals surface area contributed by atoms with Crippen LogP contribution in [0, 0.1) is 0 Å². The summed E-state index contributed by atoms with van der Waals surface area (Å²) >= 11 is 0. The summed E-state index contributed by atoms with van der Waals surface area (Å²) in [5.41, 5.74) is 11.3. The lowest BCUT2D eigenvalue weighted by Crippen LogP contribution is -2.10. The normalized spacial score (nSPS) is 13.3. The second-order valence-corrected chi connectivity index (χ2v) is 6.91. The van der Waals surface area contributed by atoms with Crippen molar-refractivity contribution in [1.82, 2.24) is 29.7 Å². The molecule has 0 aliphatic rings. The largest absolute Gasteiger partial charge is 0.402 e. The summed E-state index contributed by atoms with van der Waals surface area (Å²) in [4.78, 5) is 26.0. The molecule has 4 rings (SSSR count). The molecular weight excluding hydrogens is 366 g/mol. The number of hydrogen-bond donors (Lipinski definition) is 2. The molecule has 146 valence electrons. The number of fused-ring (bicyclic) bond motifs is 1. The smallest absolute Gasteiger partial charge is 0.163 e. The average molecular weight is 387 g/mol. The van der Waals surface area contributed by atoms with Crippen LogP contribution in [0.2, 0.25) is 0 Å². The molecule has 3 N–H and O–H groups in total. The molecule has 0 saturated carbocycles. The lowest BCUT2D eigenvalue weighted by atomic mass is 10.1. The van der Waals surface area contributed by atoms with Crippen LogP contribution in [0.3, 0.4) is 0 Å². The van der Waals surface area contributed by atoms with E-state index >= 15 is 0 Å². The van der Waals surface area contributed by atoms with Crippen molar-refractivity contribution in [1.29, 1.82) is 0 Å². The summed E-state index contributed by atoms with van der Waals surface area (Å²) in [6, 6.07) is 5.71. The maximum absolute atomic E-state index is 12.1. The van der Waals surface area contributed by atoms with E-state index in [4.69, 9.17) is 10.7 Å². The second-order valence-electron chi connectivity index (χ2n) is 6.91. The molecule has 0 amide bonds. The van der Waals surface area contributed by atoms with Gasteiger partial charge < -0.3 is 10.3 Å². The molecule has 29 heavy (non-hydrogen) atoms. The molecule has 8 heteroatoms. The molecular formula is C21H21N7O. The Morgan fingerprint density at radius 1 is 1.21 bits per heavy atom. The first kappa shape index (κ1) is 18.5. The van der Waals surface area contributed by atoms with E-state index in [1.165, 1.54) is 6.92 Å². The van der Waals surface area contributed by atoms with Crippen molar-refractivity contribution in [3.8, 4) is 11.1 Å². The quantitative estimate of drug-likeness (QED) is 0.508. The van der Waals surface area contributed by atoms with Crippen LogP contribution in [0.4, 0.5) is 0 Å². The Bertz CT molecular complexity index is 1200. The minimum absolute atomic E-state index is 0.0902. The van der Waals surface area contributed by atoms with Crippen LogP contribution >= 0.6 is 0 Å². The number of allylic oxidation sites excluding steroid dienone is 2. The van der Waals surface area contributed by atoms with Gasteiger partial charge in [0.2, 0.25) is 0 Å². The van der Waals surface area contributed by atoms with Gasteiger partial charge in [-0.15, -0.1) is 0 Å². The maximum Gasteiger partial charge on any atom is 0.163 e. The fourth-order valence-electron chi connectivity index (χ4n) is 3.46. The van der Waals surface area contributed by atoms with Crippen LogP contribution in [0.15, 0.2) is 54.9 Å². The molecule has 0 bridgehead atoms. The number of nitrogens with zero attached hydrogens (tertiary/aromatic N) is 5. The fraction of sp³-hybridized carbons (Fsp3) is 0.190. The van der Waals surface area contributed by atoms with Gasteiger partial charge in [0.05, 0.1) is 35.4 Å². The maximum atomic E-state index is 12.1. The number of aromatic nitrogens is 6. The van der Waals surface area contributed by atoms with Crippen molar-refractivity contribution in [3.63, 3.8) is 0 Å². The van der Waals surface area contributed by atoms with E-state index in [9.17, 15) is 4.79 Å². The zero-order chi connectivity index (χ0) is 20.5. The number of hydrogen-bond acceptors (Lipinski definition) is 6. The summed E-state index contributed by atoms with van der Waals surface area (Å²) in [7, 11) is 0. The molecule has 0 aromatic carbocycles. The number of Topliss-reactive ketones (excluding diaryl/α,β-unsaturated/α-hetero) is 1. The predicted octanol–water partition coefficient (Wildman–Crippen LogP) is 3.10. The fourth-order valence-corrected chi connectivity index (χ4v) is 3.46. The third-order valence-corrected chi connectivity index (χ3v) is 4.87. The first-order valence-corrected chi connectivity index (χ1v) is 9.22. The van der Waals surface area contributed by atoms with Crippen molar-refractivity contribution in [2.24, 2.45) is 5.73 Å². The highest BCUT2D eigenvalue weighted by atomic mass is 16.1. The number of aromatic amines is 1. The van der Waals surface area contributed by atoms with Gasteiger partial charge >= 0.3 is 0 Å². The van der Waals surface area contributed by atoms with Crippen LogP contribution in [-0.2, 0) is 4.79 Å². The van der Waals surface area contributed by atoms with Gasteiger partial charge in [-0.3, -0.25) is 14.9 Å². The third kappa shape index (κ3) is 3.29. The molecule has 0 unspecified atom stereocenters. The molecule has 0 radical (unpaired) electrons. The van der Waals surface area contributed by atoms with Gasteiger partial charge in [0.25, 0.3) is 0 Å². The van der Waals surface area contributed by atoms with Gasteiger partial charge in [-0.05, 0) is 32.9 Å². The summed E-state index contributed by atoms with van der Waals surface area (Å²) < 4.78 is 2.01. The SMILES string of the molecule is CC(=O)/C(=C(/C)N)c1cnc2c(-c3cn[nH]c3)cn([C@H](C)c3ccccn3)c2n1. The molecule has 0 aliphatic carbocycles. The van der Waals surface area contributed by atoms with E-state index in [2.05, 4.69) is 20.2 Å². The molecule has 4 aromatic heterocycles. The minimum atomic E-state index is -0.149. The zero-order valence-electron chi connectivity index (χ0n) is 16.4. The van der Waals surface area contributed by atoms with Crippen LogP contribution in [0.1, 0.15) is 38.2 Å². The number of carbonyl (C=O) groups excluding carboxylic acids is 1. The van der Waals surface area contributed by atoms with E-state index < -0.39 is 0 Å². The van der Waals surface area contributed by atoms with Crippen molar-refractivity contribution >= 4 is 22.5 Å². The van der Waals surface area contributed by atoms with Gasteiger partial charge in [-0.2, -0.15) is 5.10 Å². The van der Waals surface area contributed by atoms with E-state index in [1.54, 1.807) is 25.5 Å². The second kappa shape index (κ2) is 7.31. The third-order valence-electron chi connectivity index (χ3n) is 4.87. The summed E-state index contributed by atoms with van der Waals surface area (Å²) in [5, 5.41) is 6.88. The Morgan fingerprint density at radius 2 is 2.03 bits per heavy atom. The number of H-pyrrole nitrogens is 1. The highest BCUT2D eigenvalue weighted by molar-refractivity contribution is 6.19. The van der Waals surface area contributed by atoms with Crippen molar-refractivity contribution in [3.05, 3.63) is 66.3 Å². The minimum Gasteiger partial charge on any atom is -0.402 e. The Hall–Kier alpha value is -3.81. The molecule has 0 fully saturated rings. The zero-order valence-corrected chi connectivity index (χ0v) is 16.4. The lowest BCUT2D eigenvalue weighted by molar-refractivity contribution is -0.111. The summed E-state index contributed by atoms with van der Waals surface area (Å²) in [6.07, 6.45) is 8.90. The number of nitrogens with two attached hydrogens (primary N) is 1. The van der Waals surface area contributed by atoms with Crippen molar-refractivity contribution < 1.29 is 4.79 Å². The molecule has 0 spiro atoms. The lowest BCUT2D eigenvalue weighted by Gasteiger charge is -2.14. The van der Waals surface area contributed by atoms with Gasteiger partial charge in [0, 0.05) is 35.4 Å². The molecule has 4 aromatic rings. The predicted molar refractivity (Wildman–Crippen MR) is 111 cm³/mol. The Morgan fingerprint density at radius 3 is 2.66 bits per heavy atom. The number of pyridine rings is 1. The van der Waals surface area contributed by atoms with Crippen molar-refractivity contribution in [2.45, 2.75) is 26.8 Å². The first-order chi connectivity index (χ1) is 14.0. The van der Waals surface area contributed by atoms with E-state index in [0.717, 1.165) is 22.3 Å². The van der Waals surface area contributed by atoms with Gasteiger partial charge in [-0.25, -0.2) is 9.97 Å². The monoisotopic (exact) mass is 387 g/mol. The highest BCUT2D eigenvalue weighted by Crippen LogP contribution is 2.32. The van der Waals surface area contributed by atoms with E-state index in [0.29, 0.717) is 22.6 Å². The van der Waals surface area contributed by atoms with Crippen molar-refractivity contribution in [2.75, 3.05) is 0 Å². The Labute approximate surface area is 167 Å². The van der Waals surface area contributed by atoms with E-state index in [-0.39, 0.29) is 11.8 Å². The molecule has 0 saturated heterocycles. The van der Waals surface area contributed by atoms with Crippen LogP contribution < -0.4 is 5.73 Å². The van der Waals surface area contributed by atoms with Crippen LogP contribution in [0.25, 0.3) is 27.9 Å². The Balaban J connectivity index is 1.97.